The first-order valence-electron chi connectivity index (χ1n) is 9.90. The SMILES string of the molecule is Cn1ncc(Cl)c1-c1ccc2c(c1)CN([C@H](CN)CC1CCCCC1)C2=O. The first-order chi connectivity index (χ1) is 13.1. The van der Waals surface area contributed by atoms with E-state index in [1.165, 1.54) is 32.1 Å². The van der Waals surface area contributed by atoms with Crippen molar-refractivity contribution >= 4 is 17.5 Å². The van der Waals surface area contributed by atoms with E-state index in [9.17, 15) is 4.79 Å². The van der Waals surface area contributed by atoms with Crippen LogP contribution >= 0.6 is 11.6 Å². The maximum atomic E-state index is 13.0. The predicted molar refractivity (Wildman–Crippen MR) is 108 cm³/mol. The fraction of sp³-hybridized carbons (Fsp3) is 0.524. The van der Waals surface area contributed by atoms with E-state index in [0.29, 0.717) is 24.0 Å². The Kier molecular flexibility index (Phi) is 5.24. The van der Waals surface area contributed by atoms with Gasteiger partial charge in [0.25, 0.3) is 5.91 Å². The Morgan fingerprint density at radius 1 is 1.30 bits per heavy atom. The van der Waals surface area contributed by atoms with Gasteiger partial charge in [-0.25, -0.2) is 0 Å². The summed E-state index contributed by atoms with van der Waals surface area (Å²) in [5, 5.41) is 4.83. The number of nitrogens with two attached hydrogens (primary N) is 1. The zero-order valence-corrected chi connectivity index (χ0v) is 16.6. The predicted octanol–water partition coefficient (Wildman–Crippen LogP) is 3.99. The molecule has 1 aliphatic heterocycles. The normalized spacial score (nSPS) is 18.8. The van der Waals surface area contributed by atoms with Crippen LogP contribution in [0.4, 0.5) is 0 Å². The molecule has 1 fully saturated rings. The molecule has 1 saturated carbocycles. The molecule has 27 heavy (non-hydrogen) atoms. The Balaban J connectivity index is 1.56. The zero-order chi connectivity index (χ0) is 19.0. The molecule has 0 unspecified atom stereocenters. The highest BCUT2D eigenvalue weighted by Crippen LogP contribution is 2.34. The van der Waals surface area contributed by atoms with E-state index in [0.717, 1.165) is 28.8 Å². The maximum Gasteiger partial charge on any atom is 0.254 e. The Hall–Kier alpha value is -1.85. The Morgan fingerprint density at radius 3 is 2.74 bits per heavy atom. The van der Waals surface area contributed by atoms with E-state index in [2.05, 4.69) is 11.2 Å². The highest BCUT2D eigenvalue weighted by Gasteiger charge is 2.33. The van der Waals surface area contributed by atoms with Gasteiger partial charge in [0.2, 0.25) is 0 Å². The fourth-order valence-electron chi connectivity index (χ4n) is 4.68. The van der Waals surface area contributed by atoms with Gasteiger partial charge in [-0.1, -0.05) is 49.8 Å². The molecular weight excluding hydrogens is 360 g/mol. The number of aryl methyl sites for hydroxylation is 1. The Morgan fingerprint density at radius 2 is 2.07 bits per heavy atom. The van der Waals surface area contributed by atoms with Crippen LogP contribution in [-0.4, -0.2) is 33.2 Å². The van der Waals surface area contributed by atoms with Crippen LogP contribution in [0.15, 0.2) is 24.4 Å². The average Bonchev–Trinajstić information content (AvgIpc) is 3.19. The number of benzene rings is 1. The van der Waals surface area contributed by atoms with Crippen molar-refractivity contribution in [1.29, 1.82) is 0 Å². The summed E-state index contributed by atoms with van der Waals surface area (Å²) in [6.45, 7) is 1.16. The smallest absolute Gasteiger partial charge is 0.254 e. The summed E-state index contributed by atoms with van der Waals surface area (Å²) in [6, 6.07) is 6.08. The van der Waals surface area contributed by atoms with Gasteiger partial charge in [0.15, 0.2) is 0 Å². The lowest BCUT2D eigenvalue weighted by Crippen LogP contribution is -2.42. The summed E-state index contributed by atoms with van der Waals surface area (Å²) in [4.78, 5) is 15.0. The van der Waals surface area contributed by atoms with Crippen LogP contribution in [0.3, 0.4) is 0 Å². The third kappa shape index (κ3) is 3.50. The second kappa shape index (κ2) is 7.64. The summed E-state index contributed by atoms with van der Waals surface area (Å²) >= 11 is 6.29. The van der Waals surface area contributed by atoms with Crippen molar-refractivity contribution in [2.45, 2.75) is 51.1 Å². The molecule has 144 valence electrons. The number of halogens is 1. The Bertz CT molecular complexity index is 821. The minimum absolute atomic E-state index is 0.110. The minimum atomic E-state index is 0.110. The first-order valence-corrected chi connectivity index (χ1v) is 10.3. The molecule has 1 atom stereocenters. The van der Waals surface area contributed by atoms with Gasteiger partial charge in [0, 0.05) is 37.3 Å². The summed E-state index contributed by atoms with van der Waals surface area (Å²) in [5.41, 5.74) is 9.80. The van der Waals surface area contributed by atoms with E-state index in [-0.39, 0.29) is 11.9 Å². The number of hydrogen-bond acceptors (Lipinski definition) is 3. The van der Waals surface area contributed by atoms with Crippen molar-refractivity contribution in [3.8, 4) is 11.3 Å². The number of hydrogen-bond donors (Lipinski definition) is 1. The van der Waals surface area contributed by atoms with Gasteiger partial charge < -0.3 is 10.6 Å². The van der Waals surface area contributed by atoms with Gasteiger partial charge in [-0.05, 0) is 30.0 Å². The van der Waals surface area contributed by atoms with Crippen molar-refractivity contribution in [3.05, 3.63) is 40.5 Å². The number of aromatic nitrogens is 2. The van der Waals surface area contributed by atoms with Crippen molar-refractivity contribution in [1.82, 2.24) is 14.7 Å². The van der Waals surface area contributed by atoms with Crippen molar-refractivity contribution < 1.29 is 4.79 Å². The van der Waals surface area contributed by atoms with Gasteiger partial charge in [-0.15, -0.1) is 0 Å². The van der Waals surface area contributed by atoms with Crippen LogP contribution in [0.1, 0.15) is 54.4 Å². The van der Waals surface area contributed by atoms with Gasteiger partial charge >= 0.3 is 0 Å². The zero-order valence-electron chi connectivity index (χ0n) is 15.8. The number of carbonyl (C=O) groups is 1. The quantitative estimate of drug-likeness (QED) is 0.844. The van der Waals surface area contributed by atoms with Crippen molar-refractivity contribution in [2.24, 2.45) is 18.7 Å². The lowest BCUT2D eigenvalue weighted by atomic mass is 9.84. The van der Waals surface area contributed by atoms with Gasteiger partial charge in [0.05, 0.1) is 16.9 Å². The fourth-order valence-corrected chi connectivity index (χ4v) is 4.95. The molecule has 6 heteroatoms. The molecule has 0 spiro atoms. The van der Waals surface area contributed by atoms with Crippen LogP contribution in [0, 0.1) is 5.92 Å². The van der Waals surface area contributed by atoms with Crippen LogP contribution in [0.25, 0.3) is 11.3 Å². The van der Waals surface area contributed by atoms with E-state index in [1.807, 2.05) is 24.1 Å². The van der Waals surface area contributed by atoms with Gasteiger partial charge in [0.1, 0.15) is 0 Å². The number of carbonyl (C=O) groups excluding carboxylic acids is 1. The van der Waals surface area contributed by atoms with E-state index in [1.54, 1.807) is 10.9 Å². The number of rotatable bonds is 5. The third-order valence-electron chi connectivity index (χ3n) is 6.15. The topological polar surface area (TPSA) is 64.2 Å². The lowest BCUT2D eigenvalue weighted by Gasteiger charge is -2.31. The molecule has 1 amide bonds. The second-order valence-corrected chi connectivity index (χ2v) is 8.31. The standard InChI is InChI=1S/C21H27ClN4O/c1-25-20(19(22)12-24-25)15-7-8-18-16(10-15)13-26(21(18)27)17(11-23)9-14-5-3-2-4-6-14/h7-8,10,12,14,17H,2-6,9,11,13,23H2,1H3/t17-/m0/s1. The number of amides is 1. The molecule has 2 aliphatic rings. The average molecular weight is 387 g/mol. The Labute approximate surface area is 165 Å². The maximum absolute atomic E-state index is 13.0. The molecule has 0 bridgehead atoms. The van der Waals surface area contributed by atoms with Crippen LogP contribution in [0.5, 0.6) is 0 Å². The minimum Gasteiger partial charge on any atom is -0.330 e. The number of fused-ring (bicyclic) bond motifs is 1. The summed E-state index contributed by atoms with van der Waals surface area (Å²) in [5.74, 6) is 0.812. The summed E-state index contributed by atoms with van der Waals surface area (Å²) in [7, 11) is 1.88. The molecular formula is C21H27ClN4O. The molecule has 0 saturated heterocycles. The molecule has 5 nitrogen and oxygen atoms in total. The molecule has 2 heterocycles. The second-order valence-electron chi connectivity index (χ2n) is 7.90. The lowest BCUT2D eigenvalue weighted by molar-refractivity contribution is 0.0674. The van der Waals surface area contributed by atoms with Crippen LogP contribution in [0.2, 0.25) is 5.02 Å². The summed E-state index contributed by atoms with van der Waals surface area (Å²) in [6.07, 6.45) is 9.18. The molecule has 2 aromatic rings. The van der Waals surface area contributed by atoms with Crippen molar-refractivity contribution in [2.75, 3.05) is 6.54 Å². The molecule has 1 aliphatic carbocycles. The van der Waals surface area contributed by atoms with E-state index < -0.39 is 0 Å². The molecule has 4 rings (SSSR count). The third-order valence-corrected chi connectivity index (χ3v) is 6.42. The molecule has 0 radical (unpaired) electrons. The van der Waals surface area contributed by atoms with Crippen LogP contribution in [-0.2, 0) is 13.6 Å². The highest BCUT2D eigenvalue weighted by atomic mass is 35.5. The van der Waals surface area contributed by atoms with Gasteiger partial charge in [-0.3, -0.25) is 9.48 Å². The van der Waals surface area contributed by atoms with Gasteiger partial charge in [-0.2, -0.15) is 5.10 Å². The number of nitrogens with zero attached hydrogens (tertiary/aromatic N) is 3. The first kappa shape index (κ1) is 18.5. The van der Waals surface area contributed by atoms with Crippen LogP contribution < -0.4 is 5.73 Å². The molecule has 1 aromatic heterocycles. The monoisotopic (exact) mass is 386 g/mol. The summed E-state index contributed by atoms with van der Waals surface area (Å²) < 4.78 is 1.77. The highest BCUT2D eigenvalue weighted by molar-refractivity contribution is 6.33. The largest absolute Gasteiger partial charge is 0.330 e. The van der Waals surface area contributed by atoms with E-state index >= 15 is 0 Å². The molecule has 2 N–H and O–H groups in total. The van der Waals surface area contributed by atoms with E-state index in [4.69, 9.17) is 17.3 Å². The van der Waals surface area contributed by atoms with Crippen molar-refractivity contribution in [3.63, 3.8) is 0 Å². The molecule has 1 aromatic carbocycles.